The quantitative estimate of drug-likeness (QED) is 0.551. The van der Waals surface area contributed by atoms with Gasteiger partial charge in [0.2, 0.25) is 5.91 Å². The van der Waals surface area contributed by atoms with Gasteiger partial charge in [0.05, 0.1) is 11.7 Å². The Bertz CT molecular complexity index is 854. The number of carboxylic acid groups (broad SMARTS) is 1. The third kappa shape index (κ3) is 4.96. The maximum absolute atomic E-state index is 12.9. The summed E-state index contributed by atoms with van der Waals surface area (Å²) in [5.74, 6) is -3.42. The van der Waals surface area contributed by atoms with E-state index < -0.39 is 24.0 Å². The zero-order valence-electron chi connectivity index (χ0n) is 17.3. The summed E-state index contributed by atoms with van der Waals surface area (Å²) in [7, 11) is 5.36. The molecule has 2 aliphatic rings. The number of thiazole rings is 1. The molecule has 2 heterocycles. The predicted molar refractivity (Wildman–Crippen MR) is 109 cm³/mol. The van der Waals surface area contributed by atoms with E-state index in [-0.39, 0.29) is 17.7 Å². The van der Waals surface area contributed by atoms with Gasteiger partial charge in [-0.1, -0.05) is 0 Å². The summed E-state index contributed by atoms with van der Waals surface area (Å²) in [5.41, 5.74) is 0.934. The molecule has 164 valence electrons. The molecule has 0 radical (unpaired) electrons. The standard InChI is InChI=1S/C19H27N5O5S/c1-23(2)18(27)10-4-5-11(20-16(26)19(28)29)13(8-10)21-15(25)17-22-12-6-7-24(3)9-14(12)30-17/h10-11,13H,4-9H2,1-3H3,(H,20,26)(H,21,25)(H,28,29)/t10-,11-,13+/m0/s1. The smallest absolute Gasteiger partial charge is 0.394 e. The van der Waals surface area contributed by atoms with Gasteiger partial charge < -0.3 is 25.5 Å². The first-order valence-corrected chi connectivity index (χ1v) is 10.7. The maximum Gasteiger partial charge on any atom is 0.394 e. The van der Waals surface area contributed by atoms with Gasteiger partial charge in [-0.3, -0.25) is 14.4 Å². The first-order chi connectivity index (χ1) is 14.2. The van der Waals surface area contributed by atoms with Gasteiger partial charge in [0.25, 0.3) is 5.91 Å². The minimum atomic E-state index is -1.58. The number of likely N-dealkylation sites (N-methyl/N-ethyl adjacent to an activating group) is 1. The Balaban J connectivity index is 1.75. The van der Waals surface area contributed by atoms with Crippen molar-refractivity contribution in [1.29, 1.82) is 0 Å². The number of carboxylic acids is 1. The fourth-order valence-electron chi connectivity index (χ4n) is 3.97. The van der Waals surface area contributed by atoms with Crippen LogP contribution in [0.25, 0.3) is 0 Å². The van der Waals surface area contributed by atoms with Crippen LogP contribution in [0.2, 0.25) is 0 Å². The maximum atomic E-state index is 12.9. The van der Waals surface area contributed by atoms with Gasteiger partial charge in [0.1, 0.15) is 0 Å². The van der Waals surface area contributed by atoms with Crippen molar-refractivity contribution in [2.75, 3.05) is 27.7 Å². The number of amides is 3. The molecule has 1 fully saturated rings. The molecule has 10 nitrogen and oxygen atoms in total. The molecular weight excluding hydrogens is 410 g/mol. The lowest BCUT2D eigenvalue weighted by Crippen LogP contribution is -2.56. The van der Waals surface area contributed by atoms with Crippen LogP contribution in [0.3, 0.4) is 0 Å². The second-order valence-corrected chi connectivity index (χ2v) is 9.17. The van der Waals surface area contributed by atoms with E-state index in [1.807, 2.05) is 7.05 Å². The van der Waals surface area contributed by atoms with Crippen LogP contribution in [0, 0.1) is 5.92 Å². The first-order valence-electron chi connectivity index (χ1n) is 9.88. The van der Waals surface area contributed by atoms with Gasteiger partial charge in [0, 0.05) is 50.4 Å². The van der Waals surface area contributed by atoms with Crippen molar-refractivity contribution in [1.82, 2.24) is 25.4 Å². The number of aliphatic carboxylic acids is 1. The molecule has 0 bridgehead atoms. The third-order valence-electron chi connectivity index (χ3n) is 5.58. The fraction of sp³-hybridized carbons (Fsp3) is 0.632. The number of fused-ring (bicyclic) bond motifs is 1. The molecule has 1 aliphatic heterocycles. The van der Waals surface area contributed by atoms with Crippen LogP contribution in [-0.2, 0) is 27.3 Å². The third-order valence-corrected chi connectivity index (χ3v) is 6.67. The highest BCUT2D eigenvalue weighted by molar-refractivity contribution is 7.13. The largest absolute Gasteiger partial charge is 0.474 e. The average Bonchev–Trinajstić information content (AvgIpc) is 3.11. The zero-order chi connectivity index (χ0) is 22.0. The van der Waals surface area contributed by atoms with Crippen LogP contribution in [0.5, 0.6) is 0 Å². The van der Waals surface area contributed by atoms with E-state index in [0.29, 0.717) is 24.3 Å². The summed E-state index contributed by atoms with van der Waals surface area (Å²) < 4.78 is 0. The number of hydrogen-bond donors (Lipinski definition) is 3. The number of nitrogens with zero attached hydrogens (tertiary/aromatic N) is 3. The first kappa shape index (κ1) is 22.2. The molecule has 0 unspecified atom stereocenters. The number of rotatable bonds is 4. The van der Waals surface area contributed by atoms with Crippen LogP contribution in [0.1, 0.15) is 39.6 Å². The van der Waals surface area contributed by atoms with Gasteiger partial charge in [-0.15, -0.1) is 11.3 Å². The predicted octanol–water partition coefficient (Wildman–Crippen LogP) is -0.313. The molecule has 1 aromatic heterocycles. The molecule has 1 aromatic rings. The summed E-state index contributed by atoms with van der Waals surface area (Å²) in [5, 5.41) is 14.6. The molecule has 0 saturated heterocycles. The van der Waals surface area contributed by atoms with E-state index in [0.717, 1.165) is 30.1 Å². The topological polar surface area (TPSA) is 132 Å². The van der Waals surface area contributed by atoms with Gasteiger partial charge in [0.15, 0.2) is 5.01 Å². The summed E-state index contributed by atoms with van der Waals surface area (Å²) in [4.78, 5) is 57.1. The van der Waals surface area contributed by atoms with Crippen molar-refractivity contribution >= 4 is 35.0 Å². The van der Waals surface area contributed by atoms with Crippen molar-refractivity contribution in [2.45, 2.75) is 44.3 Å². The molecule has 30 heavy (non-hydrogen) atoms. The Hall–Kier alpha value is -2.53. The Labute approximate surface area is 178 Å². The fourth-order valence-corrected chi connectivity index (χ4v) is 5.06. The SMILES string of the molecule is CN1CCc2nc(C(=O)N[C@@H]3C[C@@H](C(=O)N(C)C)CC[C@@H]3NC(=O)C(=O)O)sc2C1. The zero-order valence-corrected chi connectivity index (χ0v) is 18.1. The van der Waals surface area contributed by atoms with E-state index in [9.17, 15) is 19.2 Å². The Morgan fingerprint density at radius 1 is 1.17 bits per heavy atom. The van der Waals surface area contributed by atoms with E-state index in [4.69, 9.17) is 5.11 Å². The van der Waals surface area contributed by atoms with Crippen molar-refractivity contribution in [3.63, 3.8) is 0 Å². The van der Waals surface area contributed by atoms with Crippen LogP contribution >= 0.6 is 11.3 Å². The molecule has 1 saturated carbocycles. The van der Waals surface area contributed by atoms with Crippen LogP contribution in [0.15, 0.2) is 0 Å². The monoisotopic (exact) mass is 437 g/mol. The lowest BCUT2D eigenvalue weighted by Gasteiger charge is -2.36. The number of nitrogens with one attached hydrogen (secondary N) is 2. The molecular formula is C19H27N5O5S. The van der Waals surface area contributed by atoms with Gasteiger partial charge in [-0.25, -0.2) is 9.78 Å². The van der Waals surface area contributed by atoms with Crippen molar-refractivity contribution in [3.8, 4) is 0 Å². The van der Waals surface area contributed by atoms with Crippen molar-refractivity contribution in [3.05, 3.63) is 15.6 Å². The molecule has 1 aliphatic carbocycles. The molecule has 3 rings (SSSR count). The summed E-state index contributed by atoms with van der Waals surface area (Å²) in [6.07, 6.45) is 2.01. The van der Waals surface area contributed by atoms with E-state index in [1.165, 1.54) is 16.2 Å². The summed E-state index contributed by atoms with van der Waals surface area (Å²) >= 11 is 1.35. The van der Waals surface area contributed by atoms with E-state index in [1.54, 1.807) is 14.1 Å². The van der Waals surface area contributed by atoms with Gasteiger partial charge in [-0.05, 0) is 26.3 Å². The molecule has 3 N–H and O–H groups in total. The lowest BCUT2D eigenvalue weighted by molar-refractivity contribution is -0.150. The highest BCUT2D eigenvalue weighted by Crippen LogP contribution is 2.28. The average molecular weight is 438 g/mol. The molecule has 3 amide bonds. The second-order valence-electron chi connectivity index (χ2n) is 8.08. The Kier molecular flexibility index (Phi) is 6.71. The summed E-state index contributed by atoms with van der Waals surface area (Å²) in [6.45, 7) is 1.64. The van der Waals surface area contributed by atoms with E-state index >= 15 is 0 Å². The van der Waals surface area contributed by atoms with Gasteiger partial charge in [-0.2, -0.15) is 0 Å². The van der Waals surface area contributed by atoms with E-state index in [2.05, 4.69) is 20.5 Å². The molecule has 0 aromatic carbocycles. The van der Waals surface area contributed by atoms with Crippen LogP contribution < -0.4 is 10.6 Å². The van der Waals surface area contributed by atoms with Crippen LogP contribution in [-0.4, -0.2) is 83.4 Å². The minimum Gasteiger partial charge on any atom is -0.474 e. The number of hydrogen-bond acceptors (Lipinski definition) is 7. The van der Waals surface area contributed by atoms with Crippen molar-refractivity contribution < 1.29 is 24.3 Å². The Morgan fingerprint density at radius 3 is 2.57 bits per heavy atom. The minimum absolute atomic E-state index is 0.0509. The highest BCUT2D eigenvalue weighted by Gasteiger charge is 2.37. The number of aromatic nitrogens is 1. The second kappa shape index (κ2) is 9.09. The Morgan fingerprint density at radius 2 is 1.90 bits per heavy atom. The van der Waals surface area contributed by atoms with Gasteiger partial charge >= 0.3 is 11.9 Å². The highest BCUT2D eigenvalue weighted by atomic mass is 32.1. The van der Waals surface area contributed by atoms with Crippen LogP contribution in [0.4, 0.5) is 0 Å². The normalized spacial score (nSPS) is 23.9. The molecule has 0 spiro atoms. The number of carbonyl (C=O) groups excluding carboxylic acids is 3. The summed E-state index contributed by atoms with van der Waals surface area (Å²) in [6, 6.07) is -1.13. The molecule has 11 heteroatoms. The molecule has 3 atom stereocenters. The van der Waals surface area contributed by atoms with Crippen molar-refractivity contribution in [2.24, 2.45) is 5.92 Å². The number of carbonyl (C=O) groups is 4. The lowest BCUT2D eigenvalue weighted by atomic mass is 9.81.